The number of ether oxygens (including phenoxy) is 1. The number of likely N-dealkylation sites (tertiary alicyclic amines) is 1. The second kappa shape index (κ2) is 9.39. The number of hydrogen-bond donors (Lipinski definition) is 1. The number of halogens is 2. The highest BCUT2D eigenvalue weighted by Crippen LogP contribution is 2.29. The summed E-state index contributed by atoms with van der Waals surface area (Å²) in [5.74, 6) is 0.690. The summed E-state index contributed by atoms with van der Waals surface area (Å²) < 4.78 is 6.65. The van der Waals surface area contributed by atoms with Crippen molar-refractivity contribution in [1.82, 2.24) is 4.90 Å². The first kappa shape index (κ1) is 20.0. The predicted octanol–water partition coefficient (Wildman–Crippen LogP) is 3.27. The van der Waals surface area contributed by atoms with E-state index in [1.54, 1.807) is 0 Å². The topological polar surface area (TPSA) is 41.7 Å². The van der Waals surface area contributed by atoms with Crippen LogP contribution in [0.3, 0.4) is 0 Å². The molecular formula is C18H29BrClN3O. The van der Waals surface area contributed by atoms with E-state index in [2.05, 4.69) is 50.9 Å². The molecule has 2 fully saturated rings. The summed E-state index contributed by atoms with van der Waals surface area (Å²) in [6.45, 7) is 9.11. The van der Waals surface area contributed by atoms with Gasteiger partial charge in [-0.15, -0.1) is 12.4 Å². The lowest BCUT2D eigenvalue weighted by Crippen LogP contribution is -2.40. The number of nitrogens with two attached hydrogens (primary N) is 1. The van der Waals surface area contributed by atoms with Crippen molar-refractivity contribution in [2.75, 3.05) is 44.3 Å². The molecule has 0 saturated carbocycles. The van der Waals surface area contributed by atoms with E-state index in [9.17, 15) is 0 Å². The number of anilines is 1. The highest BCUT2D eigenvalue weighted by Gasteiger charge is 2.23. The van der Waals surface area contributed by atoms with Crippen LogP contribution in [0, 0.1) is 5.92 Å². The van der Waals surface area contributed by atoms with Crippen LogP contribution in [0.25, 0.3) is 0 Å². The molecule has 2 aliphatic heterocycles. The fraction of sp³-hybridized carbons (Fsp3) is 0.667. The maximum absolute atomic E-state index is 6.06. The molecule has 24 heavy (non-hydrogen) atoms. The zero-order valence-corrected chi connectivity index (χ0v) is 16.8. The maximum atomic E-state index is 6.06. The lowest BCUT2D eigenvalue weighted by Gasteiger charge is -2.35. The Morgan fingerprint density at radius 3 is 2.50 bits per heavy atom. The van der Waals surface area contributed by atoms with E-state index in [-0.39, 0.29) is 12.4 Å². The van der Waals surface area contributed by atoms with Crippen molar-refractivity contribution >= 4 is 34.0 Å². The van der Waals surface area contributed by atoms with E-state index < -0.39 is 0 Å². The van der Waals surface area contributed by atoms with E-state index in [1.165, 1.54) is 24.1 Å². The molecule has 0 aromatic heterocycles. The summed E-state index contributed by atoms with van der Waals surface area (Å²) in [5.41, 5.74) is 8.84. The second-order valence-electron chi connectivity index (χ2n) is 6.85. The summed E-state index contributed by atoms with van der Waals surface area (Å²) >= 11 is 3.63. The first-order valence-electron chi connectivity index (χ1n) is 8.72. The van der Waals surface area contributed by atoms with E-state index >= 15 is 0 Å². The number of benzene rings is 1. The summed E-state index contributed by atoms with van der Waals surface area (Å²) in [6.07, 6.45) is 2.45. The summed E-state index contributed by atoms with van der Waals surface area (Å²) in [6, 6.07) is 7.02. The number of morpholine rings is 1. The van der Waals surface area contributed by atoms with Gasteiger partial charge in [-0.1, -0.05) is 22.0 Å². The Balaban J connectivity index is 0.00000208. The Kier molecular flexibility index (Phi) is 7.82. The van der Waals surface area contributed by atoms with Crippen molar-refractivity contribution in [1.29, 1.82) is 0 Å². The van der Waals surface area contributed by atoms with Gasteiger partial charge in [0.2, 0.25) is 0 Å². The quantitative estimate of drug-likeness (QED) is 0.815. The van der Waals surface area contributed by atoms with Crippen molar-refractivity contribution in [3.8, 4) is 0 Å². The third-order valence-corrected chi connectivity index (χ3v) is 5.66. The van der Waals surface area contributed by atoms with Crippen molar-refractivity contribution in [2.45, 2.75) is 32.4 Å². The van der Waals surface area contributed by atoms with Gasteiger partial charge in [0, 0.05) is 35.8 Å². The van der Waals surface area contributed by atoms with Gasteiger partial charge in [0.25, 0.3) is 0 Å². The van der Waals surface area contributed by atoms with E-state index in [0.717, 1.165) is 50.4 Å². The minimum atomic E-state index is 0. The van der Waals surface area contributed by atoms with Gasteiger partial charge >= 0.3 is 0 Å². The molecule has 0 amide bonds. The SMILES string of the molecule is CC(N)C1CCN(Cc2ccc(Br)cc2N2CCOCC2)CC1.Cl. The molecule has 6 heteroatoms. The molecule has 3 rings (SSSR count). The molecular weight excluding hydrogens is 390 g/mol. The summed E-state index contributed by atoms with van der Waals surface area (Å²) in [5, 5.41) is 0. The smallest absolute Gasteiger partial charge is 0.0642 e. The Bertz CT molecular complexity index is 515. The predicted molar refractivity (Wildman–Crippen MR) is 106 cm³/mol. The van der Waals surface area contributed by atoms with Crippen LogP contribution in [0.2, 0.25) is 0 Å². The summed E-state index contributed by atoms with van der Waals surface area (Å²) in [7, 11) is 0. The van der Waals surface area contributed by atoms with E-state index in [4.69, 9.17) is 10.5 Å². The Labute approximate surface area is 160 Å². The van der Waals surface area contributed by atoms with Gasteiger partial charge in [0.1, 0.15) is 0 Å². The Morgan fingerprint density at radius 1 is 1.21 bits per heavy atom. The van der Waals surface area contributed by atoms with E-state index in [0.29, 0.717) is 12.0 Å². The van der Waals surface area contributed by atoms with Crippen molar-refractivity contribution < 1.29 is 4.74 Å². The first-order chi connectivity index (χ1) is 11.1. The summed E-state index contributed by atoms with van der Waals surface area (Å²) in [4.78, 5) is 5.03. The van der Waals surface area contributed by atoms with Gasteiger partial charge in [0.15, 0.2) is 0 Å². The van der Waals surface area contributed by atoms with E-state index in [1.807, 2.05) is 0 Å². The molecule has 2 N–H and O–H groups in total. The average molecular weight is 419 g/mol. The fourth-order valence-corrected chi connectivity index (χ4v) is 4.00. The van der Waals surface area contributed by atoms with Crippen LogP contribution in [0.5, 0.6) is 0 Å². The van der Waals surface area contributed by atoms with Gasteiger partial charge in [-0.25, -0.2) is 0 Å². The molecule has 1 unspecified atom stereocenters. The van der Waals surface area contributed by atoms with Crippen LogP contribution >= 0.6 is 28.3 Å². The molecule has 2 aliphatic rings. The number of hydrogen-bond acceptors (Lipinski definition) is 4. The van der Waals surface area contributed by atoms with Gasteiger partial charge in [0.05, 0.1) is 13.2 Å². The molecule has 1 aromatic carbocycles. The van der Waals surface area contributed by atoms with Crippen molar-refractivity contribution in [3.05, 3.63) is 28.2 Å². The molecule has 136 valence electrons. The number of nitrogens with zero attached hydrogens (tertiary/aromatic N) is 2. The van der Waals surface area contributed by atoms with Gasteiger partial charge < -0.3 is 15.4 Å². The molecule has 0 aliphatic carbocycles. The van der Waals surface area contributed by atoms with Gasteiger partial charge in [-0.05, 0) is 56.5 Å². The lowest BCUT2D eigenvalue weighted by molar-refractivity contribution is 0.122. The second-order valence-corrected chi connectivity index (χ2v) is 7.76. The molecule has 0 spiro atoms. The first-order valence-corrected chi connectivity index (χ1v) is 9.52. The highest BCUT2D eigenvalue weighted by molar-refractivity contribution is 9.10. The molecule has 2 heterocycles. The molecule has 4 nitrogen and oxygen atoms in total. The van der Waals surface area contributed by atoms with Crippen LogP contribution < -0.4 is 10.6 Å². The van der Waals surface area contributed by atoms with Crippen LogP contribution in [0.1, 0.15) is 25.3 Å². The average Bonchev–Trinajstić information content (AvgIpc) is 2.58. The molecule has 0 bridgehead atoms. The minimum Gasteiger partial charge on any atom is -0.378 e. The largest absolute Gasteiger partial charge is 0.378 e. The van der Waals surface area contributed by atoms with Gasteiger partial charge in [-0.3, -0.25) is 4.90 Å². The monoisotopic (exact) mass is 417 g/mol. The molecule has 0 radical (unpaired) electrons. The van der Waals surface area contributed by atoms with Crippen molar-refractivity contribution in [3.63, 3.8) is 0 Å². The normalized spacial score (nSPS) is 21.4. The third kappa shape index (κ3) is 5.09. The third-order valence-electron chi connectivity index (χ3n) is 5.17. The Hall–Kier alpha value is -0.330. The maximum Gasteiger partial charge on any atom is 0.0642 e. The lowest BCUT2D eigenvalue weighted by atomic mass is 9.91. The van der Waals surface area contributed by atoms with Crippen molar-refractivity contribution in [2.24, 2.45) is 11.7 Å². The minimum absolute atomic E-state index is 0. The number of piperidine rings is 1. The standard InChI is InChI=1S/C18H28BrN3O.ClH/c1-14(20)15-4-6-21(7-5-15)13-16-2-3-17(19)12-18(16)22-8-10-23-11-9-22;/h2-3,12,14-15H,4-11,13,20H2,1H3;1H. The molecule has 1 atom stereocenters. The molecule has 2 saturated heterocycles. The Morgan fingerprint density at radius 2 is 1.88 bits per heavy atom. The zero-order valence-electron chi connectivity index (χ0n) is 14.4. The number of rotatable bonds is 4. The zero-order chi connectivity index (χ0) is 16.2. The van der Waals surface area contributed by atoms with Crippen LogP contribution in [-0.4, -0.2) is 50.3 Å². The fourth-order valence-electron chi connectivity index (χ4n) is 3.65. The van der Waals surface area contributed by atoms with Crippen LogP contribution in [0.15, 0.2) is 22.7 Å². The highest BCUT2D eigenvalue weighted by atomic mass is 79.9. The van der Waals surface area contributed by atoms with Crippen LogP contribution in [0.4, 0.5) is 5.69 Å². The van der Waals surface area contributed by atoms with Crippen LogP contribution in [-0.2, 0) is 11.3 Å². The molecule has 1 aromatic rings. The van der Waals surface area contributed by atoms with Gasteiger partial charge in [-0.2, -0.15) is 0 Å².